The third kappa shape index (κ3) is 3.89. The smallest absolute Gasteiger partial charge is 0.339 e. The Bertz CT molecular complexity index is 1240. The van der Waals surface area contributed by atoms with Gasteiger partial charge in [-0.1, -0.05) is 30.3 Å². The van der Waals surface area contributed by atoms with Gasteiger partial charge in [0.1, 0.15) is 17.6 Å². The van der Waals surface area contributed by atoms with Crippen LogP contribution in [0.3, 0.4) is 0 Å². The molecule has 0 fully saturated rings. The number of rotatable bonds is 6. The van der Waals surface area contributed by atoms with Crippen LogP contribution in [0.25, 0.3) is 5.57 Å². The number of aryl methyl sites for hydroxylation is 1. The van der Waals surface area contributed by atoms with Gasteiger partial charge in [-0.2, -0.15) is 0 Å². The highest BCUT2D eigenvalue weighted by Gasteiger charge is 2.36. The Morgan fingerprint density at radius 1 is 0.909 bits per heavy atom. The van der Waals surface area contributed by atoms with Gasteiger partial charge in [0.2, 0.25) is 6.79 Å². The van der Waals surface area contributed by atoms with Crippen molar-refractivity contribution in [3.05, 3.63) is 88.5 Å². The molecule has 0 amide bonds. The van der Waals surface area contributed by atoms with Gasteiger partial charge in [-0.25, -0.2) is 4.79 Å². The van der Waals surface area contributed by atoms with Crippen molar-refractivity contribution in [3.8, 4) is 23.0 Å². The van der Waals surface area contributed by atoms with Gasteiger partial charge in [0, 0.05) is 0 Å². The molecule has 0 aromatic heterocycles. The Hall–Kier alpha value is -3.93. The maximum absolute atomic E-state index is 13.2. The summed E-state index contributed by atoms with van der Waals surface area (Å²) >= 11 is 0. The second kappa shape index (κ2) is 8.54. The van der Waals surface area contributed by atoms with E-state index in [-0.39, 0.29) is 12.8 Å². The summed E-state index contributed by atoms with van der Waals surface area (Å²) in [6.07, 6.45) is 0.0584. The maximum atomic E-state index is 13.2. The third-order valence-corrected chi connectivity index (χ3v) is 6.00. The highest BCUT2D eigenvalue weighted by molar-refractivity contribution is 6.20. The standard InChI is InChI=1S/C27H24O6/c1-16-12-17(4-10-22(16)30-3)13-21-25(19-7-11-23-24(14-19)32-15-31-23)27(28)33-26(21)18-5-8-20(29-2)9-6-18/h4-12,14,26H,13,15H2,1-3H3. The quantitative estimate of drug-likeness (QED) is 0.497. The lowest BCUT2D eigenvalue weighted by atomic mass is 9.90. The van der Waals surface area contributed by atoms with Gasteiger partial charge in [-0.15, -0.1) is 0 Å². The molecule has 168 valence electrons. The van der Waals surface area contributed by atoms with Crippen molar-refractivity contribution in [1.82, 2.24) is 0 Å². The molecule has 0 N–H and O–H groups in total. The molecule has 0 aliphatic carbocycles. The van der Waals surface area contributed by atoms with Crippen molar-refractivity contribution in [2.75, 3.05) is 21.0 Å². The minimum absolute atomic E-state index is 0.175. The first kappa shape index (κ1) is 20.9. The monoisotopic (exact) mass is 444 g/mol. The van der Waals surface area contributed by atoms with Gasteiger partial charge in [0.15, 0.2) is 11.5 Å². The summed E-state index contributed by atoms with van der Waals surface area (Å²) in [5, 5.41) is 0. The molecule has 0 spiro atoms. The summed E-state index contributed by atoms with van der Waals surface area (Å²) < 4.78 is 27.6. The summed E-state index contributed by atoms with van der Waals surface area (Å²) in [4.78, 5) is 13.2. The normalized spacial score (nSPS) is 16.7. The summed E-state index contributed by atoms with van der Waals surface area (Å²) in [7, 11) is 3.28. The van der Waals surface area contributed by atoms with Crippen LogP contribution in [0.15, 0.2) is 66.2 Å². The highest BCUT2D eigenvalue weighted by atomic mass is 16.7. The second-order valence-electron chi connectivity index (χ2n) is 8.01. The van der Waals surface area contributed by atoms with Gasteiger partial charge >= 0.3 is 5.97 Å². The van der Waals surface area contributed by atoms with E-state index < -0.39 is 6.10 Å². The lowest BCUT2D eigenvalue weighted by Crippen LogP contribution is -2.05. The fourth-order valence-electron chi connectivity index (χ4n) is 4.35. The number of cyclic esters (lactones) is 1. The number of carbonyl (C=O) groups is 1. The molecule has 6 heteroatoms. The number of benzene rings is 3. The minimum Gasteiger partial charge on any atom is -0.497 e. The topological polar surface area (TPSA) is 63.2 Å². The summed E-state index contributed by atoms with van der Waals surface area (Å²) in [6.45, 7) is 2.18. The molecule has 1 atom stereocenters. The molecule has 6 nitrogen and oxygen atoms in total. The highest BCUT2D eigenvalue weighted by Crippen LogP contribution is 2.44. The minimum atomic E-state index is -0.494. The summed E-state index contributed by atoms with van der Waals surface area (Å²) in [6, 6.07) is 19.2. The third-order valence-electron chi connectivity index (χ3n) is 6.00. The number of hydrogen-bond acceptors (Lipinski definition) is 6. The maximum Gasteiger partial charge on any atom is 0.339 e. The van der Waals surface area contributed by atoms with Crippen LogP contribution in [-0.4, -0.2) is 27.0 Å². The van der Waals surface area contributed by atoms with Crippen LogP contribution in [0, 0.1) is 6.92 Å². The van der Waals surface area contributed by atoms with E-state index in [1.54, 1.807) is 14.2 Å². The van der Waals surface area contributed by atoms with Gasteiger partial charge in [0.05, 0.1) is 19.8 Å². The molecular weight excluding hydrogens is 420 g/mol. The van der Waals surface area contributed by atoms with Crippen molar-refractivity contribution in [2.45, 2.75) is 19.4 Å². The van der Waals surface area contributed by atoms with E-state index in [2.05, 4.69) is 6.07 Å². The predicted octanol–water partition coefficient (Wildman–Crippen LogP) is 5.04. The molecule has 2 heterocycles. The van der Waals surface area contributed by atoms with Crippen LogP contribution in [0.5, 0.6) is 23.0 Å². The average Bonchev–Trinajstić information content (AvgIpc) is 3.43. The Balaban J connectivity index is 1.61. The van der Waals surface area contributed by atoms with E-state index in [0.29, 0.717) is 23.5 Å². The van der Waals surface area contributed by atoms with E-state index in [1.807, 2.05) is 61.5 Å². The van der Waals surface area contributed by atoms with Crippen LogP contribution in [0.4, 0.5) is 0 Å². The molecular formula is C27H24O6. The number of carbonyl (C=O) groups excluding carboxylic acids is 1. The number of fused-ring (bicyclic) bond motifs is 1. The van der Waals surface area contributed by atoms with Crippen molar-refractivity contribution >= 4 is 11.5 Å². The van der Waals surface area contributed by atoms with Crippen molar-refractivity contribution < 1.29 is 28.5 Å². The van der Waals surface area contributed by atoms with Crippen LogP contribution < -0.4 is 18.9 Å². The van der Waals surface area contributed by atoms with Crippen LogP contribution in [-0.2, 0) is 16.0 Å². The first-order chi connectivity index (χ1) is 16.1. The van der Waals surface area contributed by atoms with Gasteiger partial charge in [-0.3, -0.25) is 0 Å². The fourth-order valence-corrected chi connectivity index (χ4v) is 4.35. The molecule has 0 bridgehead atoms. The molecule has 0 radical (unpaired) electrons. The van der Waals surface area contributed by atoms with Gasteiger partial charge in [0.25, 0.3) is 0 Å². The van der Waals surface area contributed by atoms with Crippen molar-refractivity contribution in [2.24, 2.45) is 0 Å². The lowest BCUT2D eigenvalue weighted by molar-refractivity contribution is -0.138. The first-order valence-corrected chi connectivity index (χ1v) is 10.7. The number of hydrogen-bond donors (Lipinski definition) is 0. The predicted molar refractivity (Wildman–Crippen MR) is 123 cm³/mol. The molecule has 2 aliphatic rings. The van der Waals surface area contributed by atoms with E-state index >= 15 is 0 Å². The van der Waals surface area contributed by atoms with E-state index in [0.717, 1.165) is 39.3 Å². The SMILES string of the molecule is COc1ccc(C2OC(=O)C(c3ccc4c(c3)OCO4)=C2Cc2ccc(OC)c(C)c2)cc1. The van der Waals surface area contributed by atoms with E-state index in [1.165, 1.54) is 0 Å². The summed E-state index contributed by atoms with van der Waals surface area (Å²) in [5.41, 5.74) is 5.20. The molecule has 1 unspecified atom stereocenters. The Kier molecular flexibility index (Phi) is 5.42. The largest absolute Gasteiger partial charge is 0.497 e. The molecule has 33 heavy (non-hydrogen) atoms. The number of esters is 1. The van der Waals surface area contributed by atoms with E-state index in [4.69, 9.17) is 23.7 Å². The molecule has 0 saturated heterocycles. The number of methoxy groups -OCH3 is 2. The van der Waals surface area contributed by atoms with Crippen molar-refractivity contribution in [1.29, 1.82) is 0 Å². The first-order valence-electron chi connectivity index (χ1n) is 10.7. The number of ether oxygens (including phenoxy) is 5. The van der Waals surface area contributed by atoms with Crippen molar-refractivity contribution in [3.63, 3.8) is 0 Å². The van der Waals surface area contributed by atoms with Crippen LogP contribution >= 0.6 is 0 Å². The zero-order valence-corrected chi connectivity index (χ0v) is 18.7. The average molecular weight is 444 g/mol. The summed E-state index contributed by atoms with van der Waals surface area (Å²) in [5.74, 6) is 2.52. The zero-order chi connectivity index (χ0) is 22.9. The van der Waals surface area contributed by atoms with E-state index in [9.17, 15) is 4.79 Å². The Morgan fingerprint density at radius 3 is 2.42 bits per heavy atom. The van der Waals surface area contributed by atoms with Gasteiger partial charge < -0.3 is 23.7 Å². The molecule has 5 rings (SSSR count). The molecule has 2 aliphatic heterocycles. The lowest BCUT2D eigenvalue weighted by Gasteiger charge is -2.16. The Labute approximate surface area is 192 Å². The van der Waals surface area contributed by atoms with Gasteiger partial charge in [-0.05, 0) is 71.5 Å². The van der Waals surface area contributed by atoms with Crippen LogP contribution in [0.2, 0.25) is 0 Å². The van der Waals surface area contributed by atoms with Crippen LogP contribution in [0.1, 0.15) is 28.4 Å². The fraction of sp³-hybridized carbons (Fsp3) is 0.222. The molecule has 3 aromatic carbocycles. The zero-order valence-electron chi connectivity index (χ0n) is 18.7. The molecule has 3 aromatic rings. The molecule has 0 saturated carbocycles. The Morgan fingerprint density at radius 2 is 1.70 bits per heavy atom. The second-order valence-corrected chi connectivity index (χ2v) is 8.01.